The van der Waals surface area contributed by atoms with Crippen LogP contribution >= 0.6 is 11.3 Å². The first-order chi connectivity index (χ1) is 14.5. The molecule has 0 saturated heterocycles. The van der Waals surface area contributed by atoms with Crippen LogP contribution in [0.25, 0.3) is 0 Å². The molecule has 0 spiro atoms. The second kappa shape index (κ2) is 8.85. The lowest BCUT2D eigenvalue weighted by Gasteiger charge is -2.26. The van der Waals surface area contributed by atoms with E-state index in [9.17, 15) is 9.59 Å². The van der Waals surface area contributed by atoms with E-state index in [-0.39, 0.29) is 17.7 Å². The van der Waals surface area contributed by atoms with Gasteiger partial charge >= 0.3 is 0 Å². The van der Waals surface area contributed by atoms with Crippen molar-refractivity contribution in [3.05, 3.63) is 28.7 Å². The summed E-state index contributed by atoms with van der Waals surface area (Å²) in [7, 11) is 0. The van der Waals surface area contributed by atoms with Gasteiger partial charge in [0, 0.05) is 5.92 Å². The van der Waals surface area contributed by atoms with Crippen LogP contribution in [0.5, 0.6) is 0 Å². The van der Waals surface area contributed by atoms with Crippen LogP contribution in [0.1, 0.15) is 73.8 Å². The Balaban J connectivity index is 1.45. The smallest absolute Gasteiger partial charge is 0.262 e. The minimum atomic E-state index is -0.594. The van der Waals surface area contributed by atoms with E-state index >= 15 is 0 Å². The summed E-state index contributed by atoms with van der Waals surface area (Å²) in [5, 5.41) is 11.0. The van der Waals surface area contributed by atoms with Crippen LogP contribution in [0.3, 0.4) is 0 Å². The first kappa shape index (κ1) is 21.0. The number of hydrogen-bond acceptors (Lipinski definition) is 7. The Bertz CT molecular complexity index is 894. The highest BCUT2D eigenvalue weighted by atomic mass is 32.1. The Morgan fingerprint density at radius 3 is 2.63 bits per heavy atom. The summed E-state index contributed by atoms with van der Waals surface area (Å²) in [6.07, 6.45) is 5.50. The van der Waals surface area contributed by atoms with Crippen molar-refractivity contribution < 1.29 is 14.1 Å². The molecule has 2 N–H and O–H groups in total. The Morgan fingerprint density at radius 2 is 1.97 bits per heavy atom. The molecule has 2 heterocycles. The molecule has 0 radical (unpaired) electrons. The predicted molar refractivity (Wildman–Crippen MR) is 114 cm³/mol. The Labute approximate surface area is 180 Å². The lowest BCUT2D eigenvalue weighted by Crippen LogP contribution is -2.44. The van der Waals surface area contributed by atoms with Crippen LogP contribution in [-0.4, -0.2) is 39.9 Å². The molecule has 2 fully saturated rings. The average Bonchev–Trinajstić information content (AvgIpc) is 3.11. The molecule has 0 aliphatic heterocycles. The first-order valence-corrected chi connectivity index (χ1v) is 11.6. The number of thiophene rings is 1. The quantitative estimate of drug-likeness (QED) is 0.630. The highest BCUT2D eigenvalue weighted by Crippen LogP contribution is 2.38. The van der Waals surface area contributed by atoms with Gasteiger partial charge in [-0.15, -0.1) is 11.3 Å². The average molecular weight is 432 g/mol. The van der Waals surface area contributed by atoms with Crippen molar-refractivity contribution in [3.8, 4) is 0 Å². The fraction of sp³-hybridized carbons (Fsp3) is 0.619. The highest BCUT2D eigenvalue weighted by Gasteiger charge is 2.42. The van der Waals surface area contributed by atoms with Gasteiger partial charge in [-0.1, -0.05) is 31.8 Å². The molecule has 2 aromatic heterocycles. The maximum atomic E-state index is 13.0. The van der Waals surface area contributed by atoms with Crippen LogP contribution in [0.4, 0.5) is 5.00 Å². The Hall–Kier alpha value is -2.26. The maximum absolute atomic E-state index is 13.0. The molecule has 4 rings (SSSR count). The number of carbonyl (C=O) groups excluding carboxylic acids is 2. The molecule has 9 heteroatoms. The third kappa shape index (κ3) is 4.57. The van der Waals surface area contributed by atoms with Gasteiger partial charge in [0.1, 0.15) is 5.54 Å². The number of aromatic nitrogens is 2. The topological polar surface area (TPSA) is 100 Å². The van der Waals surface area contributed by atoms with Crippen molar-refractivity contribution in [2.75, 3.05) is 18.4 Å². The summed E-state index contributed by atoms with van der Waals surface area (Å²) in [5.41, 5.74) is -0.594. The summed E-state index contributed by atoms with van der Waals surface area (Å²) in [6.45, 7) is 6.63. The van der Waals surface area contributed by atoms with E-state index in [4.69, 9.17) is 4.52 Å². The summed E-state index contributed by atoms with van der Waals surface area (Å²) in [5.74, 6) is 1.16. The molecule has 8 nitrogen and oxygen atoms in total. The largest absolute Gasteiger partial charge is 0.338 e. The van der Waals surface area contributed by atoms with Gasteiger partial charge in [0.2, 0.25) is 11.8 Å². The molecule has 2 aromatic rings. The van der Waals surface area contributed by atoms with Crippen molar-refractivity contribution in [2.45, 2.75) is 64.5 Å². The molecule has 0 bridgehead atoms. The lowest BCUT2D eigenvalue weighted by molar-refractivity contribution is -0.117. The van der Waals surface area contributed by atoms with Crippen molar-refractivity contribution in [1.82, 2.24) is 20.4 Å². The van der Waals surface area contributed by atoms with Crippen LogP contribution < -0.4 is 10.6 Å². The zero-order valence-electron chi connectivity index (χ0n) is 17.6. The van der Waals surface area contributed by atoms with Gasteiger partial charge in [-0.05, 0) is 50.9 Å². The monoisotopic (exact) mass is 431 g/mol. The van der Waals surface area contributed by atoms with Crippen LogP contribution in [0.15, 0.2) is 16.7 Å². The summed E-state index contributed by atoms with van der Waals surface area (Å²) < 4.78 is 5.50. The Morgan fingerprint density at radius 1 is 1.23 bits per heavy atom. The molecule has 2 amide bonds. The number of rotatable bonds is 9. The molecule has 162 valence electrons. The molecule has 30 heavy (non-hydrogen) atoms. The third-order valence-electron chi connectivity index (χ3n) is 5.98. The molecular formula is C21H29N5O3S. The minimum Gasteiger partial charge on any atom is -0.338 e. The number of nitrogens with one attached hydrogen (secondary N) is 2. The van der Waals surface area contributed by atoms with Gasteiger partial charge in [0.05, 0.1) is 16.4 Å². The summed E-state index contributed by atoms with van der Waals surface area (Å²) in [6, 6.07) is 3.55. The predicted octanol–water partition coefficient (Wildman–Crippen LogP) is 3.52. The third-order valence-corrected chi connectivity index (χ3v) is 6.98. The van der Waals surface area contributed by atoms with E-state index in [2.05, 4.69) is 39.5 Å². The fourth-order valence-electron chi connectivity index (χ4n) is 3.91. The van der Waals surface area contributed by atoms with E-state index in [0.717, 1.165) is 51.6 Å². The number of hydrogen-bond donors (Lipinski definition) is 2. The van der Waals surface area contributed by atoms with E-state index in [1.54, 1.807) is 12.1 Å². The van der Waals surface area contributed by atoms with E-state index in [1.807, 2.05) is 0 Å². The van der Waals surface area contributed by atoms with Crippen molar-refractivity contribution in [3.63, 3.8) is 0 Å². The molecule has 0 atom stereocenters. The standard InChI is InChI=1S/C21H29N5O3S/c1-3-26(4-2)13-16-22-20(25-29-16)21(11-5-6-12-21)24-19(28)15-9-10-17(30-15)23-18(27)14-7-8-14/h9-10,14H,3-8,11-13H2,1-2H3,(H,23,27)(H,24,28). The number of carbonyl (C=O) groups is 2. The molecule has 2 aliphatic carbocycles. The van der Waals surface area contributed by atoms with Gasteiger partial charge in [-0.3, -0.25) is 14.5 Å². The molecule has 2 aliphatic rings. The molecule has 2 saturated carbocycles. The SMILES string of the molecule is CCN(CC)Cc1nc(C2(NC(=O)c3ccc(NC(=O)C4CC4)s3)CCCC2)no1. The number of anilines is 1. The van der Waals surface area contributed by atoms with Crippen molar-refractivity contribution in [2.24, 2.45) is 5.92 Å². The van der Waals surface area contributed by atoms with Crippen molar-refractivity contribution >= 4 is 28.2 Å². The van der Waals surface area contributed by atoms with Crippen LogP contribution in [0.2, 0.25) is 0 Å². The van der Waals surface area contributed by atoms with Gasteiger partial charge in [0.15, 0.2) is 5.82 Å². The number of nitrogens with zero attached hydrogens (tertiary/aromatic N) is 3. The number of amides is 2. The summed E-state index contributed by atoms with van der Waals surface area (Å²) in [4.78, 5) is 32.4. The van der Waals surface area contributed by atoms with Gasteiger partial charge in [-0.25, -0.2) is 0 Å². The summed E-state index contributed by atoms with van der Waals surface area (Å²) >= 11 is 1.30. The molecular weight excluding hydrogens is 402 g/mol. The van der Waals surface area contributed by atoms with Gasteiger partial charge in [0.25, 0.3) is 5.91 Å². The molecule has 0 aromatic carbocycles. The van der Waals surface area contributed by atoms with Gasteiger partial charge in [-0.2, -0.15) is 4.98 Å². The minimum absolute atomic E-state index is 0.0450. The van der Waals surface area contributed by atoms with E-state index < -0.39 is 5.54 Å². The second-order valence-corrected chi connectivity index (χ2v) is 9.23. The maximum Gasteiger partial charge on any atom is 0.262 e. The Kier molecular flexibility index (Phi) is 6.19. The normalized spacial score (nSPS) is 18.0. The highest BCUT2D eigenvalue weighted by molar-refractivity contribution is 7.18. The first-order valence-electron chi connectivity index (χ1n) is 10.8. The zero-order valence-corrected chi connectivity index (χ0v) is 18.4. The van der Waals surface area contributed by atoms with Crippen LogP contribution in [0, 0.1) is 5.92 Å². The van der Waals surface area contributed by atoms with Gasteiger partial charge < -0.3 is 15.2 Å². The second-order valence-electron chi connectivity index (χ2n) is 8.14. The van der Waals surface area contributed by atoms with E-state index in [0.29, 0.717) is 28.1 Å². The van der Waals surface area contributed by atoms with Crippen LogP contribution in [-0.2, 0) is 16.9 Å². The van der Waals surface area contributed by atoms with E-state index in [1.165, 1.54) is 11.3 Å². The fourth-order valence-corrected chi connectivity index (χ4v) is 4.71. The lowest BCUT2D eigenvalue weighted by atomic mass is 9.96. The zero-order chi connectivity index (χ0) is 21.1. The van der Waals surface area contributed by atoms with Crippen molar-refractivity contribution in [1.29, 1.82) is 0 Å². The molecule has 0 unspecified atom stereocenters.